The number of carbonyl (C=O) groups excluding carboxylic acids is 2. The number of nitrogens with one attached hydrogen (secondary N) is 1. The normalized spacial score (nSPS) is 12.3. The molecule has 0 heterocycles. The molecule has 1 atom stereocenters. The van der Waals surface area contributed by atoms with E-state index in [2.05, 4.69) is 5.32 Å². The van der Waals surface area contributed by atoms with Crippen LogP contribution in [0.4, 0.5) is 10.1 Å². The summed E-state index contributed by atoms with van der Waals surface area (Å²) in [5, 5.41) is 2.85. The van der Waals surface area contributed by atoms with Gasteiger partial charge in [0.25, 0.3) is 0 Å². The molecule has 0 saturated heterocycles. The van der Waals surface area contributed by atoms with Gasteiger partial charge in [-0.15, -0.1) is 0 Å². The lowest BCUT2D eigenvalue weighted by atomic mass is 10.1. The number of rotatable bonds is 12. The van der Waals surface area contributed by atoms with Crippen molar-refractivity contribution in [1.82, 2.24) is 10.2 Å². The van der Waals surface area contributed by atoms with Gasteiger partial charge in [0.05, 0.1) is 11.9 Å². The highest BCUT2D eigenvalue weighted by Gasteiger charge is 2.26. The van der Waals surface area contributed by atoms with E-state index in [-0.39, 0.29) is 49.5 Å². The van der Waals surface area contributed by atoms with Crippen LogP contribution in [0.3, 0.4) is 0 Å². The molecule has 0 unspecified atom stereocenters. The van der Waals surface area contributed by atoms with E-state index in [0.29, 0.717) is 17.8 Å². The first kappa shape index (κ1) is 28.3. The lowest BCUT2D eigenvalue weighted by Crippen LogP contribution is -2.48. The largest absolute Gasteiger partial charge is 0.354 e. The van der Waals surface area contributed by atoms with Gasteiger partial charge >= 0.3 is 0 Å². The Bertz CT molecular complexity index is 1100. The fraction of sp³-hybridized carbons (Fsp3) is 0.462. The molecule has 2 amide bonds. The molecule has 0 radical (unpaired) electrons. The quantitative estimate of drug-likeness (QED) is 0.475. The summed E-state index contributed by atoms with van der Waals surface area (Å²) in [6, 6.07) is 12.2. The Kier molecular flexibility index (Phi) is 10.2. The Labute approximate surface area is 208 Å². The van der Waals surface area contributed by atoms with Crippen molar-refractivity contribution < 1.29 is 22.4 Å². The van der Waals surface area contributed by atoms with Gasteiger partial charge < -0.3 is 10.2 Å². The molecule has 0 spiro atoms. The zero-order valence-corrected chi connectivity index (χ0v) is 21.9. The van der Waals surface area contributed by atoms with Crippen LogP contribution in [-0.2, 0) is 26.2 Å². The molecule has 0 aliphatic carbocycles. The zero-order chi connectivity index (χ0) is 26.2. The summed E-state index contributed by atoms with van der Waals surface area (Å²) < 4.78 is 39.4. The summed E-state index contributed by atoms with van der Waals surface area (Å²) >= 11 is 0. The molecule has 0 aromatic heterocycles. The molecule has 0 saturated carbocycles. The summed E-state index contributed by atoms with van der Waals surface area (Å²) in [7, 11) is -3.54. The highest BCUT2D eigenvalue weighted by Crippen LogP contribution is 2.20. The van der Waals surface area contributed by atoms with Gasteiger partial charge in [-0.1, -0.05) is 38.1 Å². The maximum Gasteiger partial charge on any atom is 0.242 e. The SMILES string of the molecule is Cc1cccc(N(CCCC(=O)N(Cc2ccc(F)cc2)[C@H](C)C(=O)NCC(C)C)S(C)(=O)=O)c1. The minimum absolute atomic E-state index is 0.0564. The van der Waals surface area contributed by atoms with Gasteiger partial charge in [0.2, 0.25) is 21.8 Å². The number of carbonyl (C=O) groups is 2. The van der Waals surface area contributed by atoms with Crippen molar-refractivity contribution >= 4 is 27.5 Å². The van der Waals surface area contributed by atoms with Crippen molar-refractivity contribution in [3.05, 3.63) is 65.5 Å². The second kappa shape index (κ2) is 12.7. The van der Waals surface area contributed by atoms with Crippen LogP contribution < -0.4 is 9.62 Å². The molecule has 0 fully saturated rings. The zero-order valence-electron chi connectivity index (χ0n) is 21.1. The summed E-state index contributed by atoms with van der Waals surface area (Å²) in [5.41, 5.74) is 2.17. The first-order valence-corrected chi connectivity index (χ1v) is 13.6. The number of benzene rings is 2. The van der Waals surface area contributed by atoms with E-state index in [1.165, 1.54) is 21.3 Å². The van der Waals surface area contributed by atoms with Crippen LogP contribution in [0.1, 0.15) is 44.7 Å². The van der Waals surface area contributed by atoms with E-state index < -0.39 is 16.1 Å². The second-order valence-electron chi connectivity index (χ2n) is 9.24. The molecule has 0 aliphatic heterocycles. The third-order valence-corrected chi connectivity index (χ3v) is 6.75. The molecular formula is C26H36FN3O4S. The van der Waals surface area contributed by atoms with Gasteiger partial charge in [0, 0.05) is 26.1 Å². The molecular weight excluding hydrogens is 469 g/mol. The van der Waals surface area contributed by atoms with E-state index in [9.17, 15) is 22.4 Å². The lowest BCUT2D eigenvalue weighted by Gasteiger charge is -2.29. The Balaban J connectivity index is 2.15. The highest BCUT2D eigenvalue weighted by atomic mass is 32.2. The highest BCUT2D eigenvalue weighted by molar-refractivity contribution is 7.92. The topological polar surface area (TPSA) is 86.8 Å². The summed E-state index contributed by atoms with van der Waals surface area (Å²) in [6.07, 6.45) is 1.47. The minimum atomic E-state index is -3.54. The van der Waals surface area contributed by atoms with E-state index in [4.69, 9.17) is 0 Å². The fourth-order valence-electron chi connectivity index (χ4n) is 3.61. The third-order valence-electron chi connectivity index (χ3n) is 5.56. The monoisotopic (exact) mass is 505 g/mol. The van der Waals surface area contributed by atoms with Crippen LogP contribution in [0.15, 0.2) is 48.5 Å². The fourth-order valence-corrected chi connectivity index (χ4v) is 4.57. The second-order valence-corrected chi connectivity index (χ2v) is 11.1. The van der Waals surface area contributed by atoms with E-state index in [1.807, 2.05) is 26.8 Å². The Morgan fingerprint density at radius 1 is 1.06 bits per heavy atom. The number of aryl methyl sites for hydroxylation is 1. The molecule has 1 N–H and O–H groups in total. The van der Waals surface area contributed by atoms with Crippen LogP contribution in [0, 0.1) is 18.7 Å². The Morgan fingerprint density at radius 3 is 2.29 bits per heavy atom. The van der Waals surface area contributed by atoms with Crippen LogP contribution in [-0.4, -0.2) is 50.5 Å². The van der Waals surface area contributed by atoms with Crippen molar-refractivity contribution in [2.75, 3.05) is 23.7 Å². The van der Waals surface area contributed by atoms with Crippen LogP contribution >= 0.6 is 0 Å². The molecule has 7 nitrogen and oxygen atoms in total. The summed E-state index contributed by atoms with van der Waals surface area (Å²) in [6.45, 7) is 8.26. The first-order valence-electron chi connectivity index (χ1n) is 11.7. The van der Waals surface area contributed by atoms with Gasteiger partial charge in [-0.25, -0.2) is 12.8 Å². The van der Waals surface area contributed by atoms with Crippen molar-refractivity contribution in [1.29, 1.82) is 0 Å². The van der Waals surface area contributed by atoms with Crippen LogP contribution in [0.5, 0.6) is 0 Å². The van der Waals surface area contributed by atoms with E-state index in [1.54, 1.807) is 37.3 Å². The summed E-state index contributed by atoms with van der Waals surface area (Å²) in [4.78, 5) is 27.4. The Hall–Kier alpha value is -2.94. The van der Waals surface area contributed by atoms with E-state index in [0.717, 1.165) is 11.8 Å². The first-order chi connectivity index (χ1) is 16.4. The van der Waals surface area contributed by atoms with Gasteiger partial charge in [0.1, 0.15) is 11.9 Å². The molecule has 35 heavy (non-hydrogen) atoms. The van der Waals surface area contributed by atoms with Gasteiger partial charge in [-0.05, 0) is 61.6 Å². The smallest absolute Gasteiger partial charge is 0.242 e. The standard InChI is InChI=1S/C26H36FN3O4S/c1-19(2)17-28-26(32)21(4)29(18-22-11-13-23(27)14-12-22)25(31)10-7-15-30(35(5,33)34)24-9-6-8-20(3)16-24/h6,8-9,11-14,16,19,21H,7,10,15,17-18H2,1-5H3,(H,28,32)/t21-/m1/s1. The van der Waals surface area contributed by atoms with Crippen molar-refractivity contribution in [3.8, 4) is 0 Å². The molecule has 0 bridgehead atoms. The maximum atomic E-state index is 13.4. The average Bonchev–Trinajstić information content (AvgIpc) is 2.78. The van der Waals surface area contributed by atoms with Gasteiger partial charge in [0.15, 0.2) is 0 Å². The summed E-state index contributed by atoms with van der Waals surface area (Å²) in [5.74, 6) is -0.673. The van der Waals surface area contributed by atoms with Crippen LogP contribution in [0.25, 0.3) is 0 Å². The number of hydrogen-bond donors (Lipinski definition) is 1. The number of nitrogens with zero attached hydrogens (tertiary/aromatic N) is 2. The predicted molar refractivity (Wildman–Crippen MR) is 137 cm³/mol. The van der Waals surface area contributed by atoms with Crippen molar-refractivity contribution in [3.63, 3.8) is 0 Å². The molecule has 192 valence electrons. The Morgan fingerprint density at radius 2 is 1.71 bits per heavy atom. The lowest BCUT2D eigenvalue weighted by molar-refractivity contribution is -0.140. The molecule has 0 aliphatic rings. The number of halogens is 1. The predicted octanol–water partition coefficient (Wildman–Crippen LogP) is 3.87. The number of anilines is 1. The number of hydrogen-bond acceptors (Lipinski definition) is 4. The van der Waals surface area contributed by atoms with Crippen molar-refractivity contribution in [2.24, 2.45) is 5.92 Å². The van der Waals surface area contributed by atoms with E-state index >= 15 is 0 Å². The molecule has 2 aromatic rings. The third kappa shape index (κ3) is 8.98. The minimum Gasteiger partial charge on any atom is -0.354 e. The molecule has 9 heteroatoms. The molecule has 2 rings (SSSR count). The van der Waals surface area contributed by atoms with Crippen LogP contribution in [0.2, 0.25) is 0 Å². The maximum absolute atomic E-state index is 13.4. The average molecular weight is 506 g/mol. The molecule has 2 aromatic carbocycles. The van der Waals surface area contributed by atoms with Gasteiger partial charge in [-0.2, -0.15) is 0 Å². The number of amides is 2. The number of sulfonamides is 1. The van der Waals surface area contributed by atoms with Gasteiger partial charge in [-0.3, -0.25) is 13.9 Å². The van der Waals surface area contributed by atoms with Crippen molar-refractivity contribution in [2.45, 2.75) is 53.1 Å².